The van der Waals surface area contributed by atoms with Gasteiger partial charge in [0.15, 0.2) is 4.51 Å². The van der Waals surface area contributed by atoms with Crippen LogP contribution in [0.5, 0.6) is 0 Å². The van der Waals surface area contributed by atoms with Crippen LogP contribution in [0.25, 0.3) is 0 Å². The number of halogens is 1. The number of para-hydroxylation sites is 1. The maximum atomic E-state index is 11.8. The normalized spacial score (nSPS) is 32.9. The predicted octanol–water partition coefficient (Wildman–Crippen LogP) is 1.81. The number of hydrogen-bond acceptors (Lipinski definition) is 7. The molecule has 10 heteroatoms. The molecule has 0 aromatic heterocycles. The molecule has 0 bridgehead atoms. The maximum absolute atomic E-state index is 11.8. The number of nitrogens with zero attached hydrogens (tertiary/aromatic N) is 2. The fraction of sp³-hybridized carbons (Fsp3) is 0.611. The first-order valence-corrected chi connectivity index (χ1v) is 9.88. The molecule has 2 fully saturated rings. The summed E-state index contributed by atoms with van der Waals surface area (Å²) in [5, 5.41) is 18.3. The Hall–Kier alpha value is -1.75. The average molecular weight is 457 g/mol. The summed E-state index contributed by atoms with van der Waals surface area (Å²) >= 11 is 3.59. The summed E-state index contributed by atoms with van der Waals surface area (Å²) in [4.78, 5) is 24.4. The first-order valence-electron chi connectivity index (χ1n) is 9.09. The second kappa shape index (κ2) is 7.94. The highest BCUT2D eigenvalue weighted by molar-refractivity contribution is 9.10. The molecule has 0 aliphatic carbocycles. The molecule has 0 radical (unpaired) electrons. The van der Waals surface area contributed by atoms with Gasteiger partial charge in [0.2, 0.25) is 6.41 Å². The van der Waals surface area contributed by atoms with Gasteiger partial charge in [0, 0.05) is 38.4 Å². The minimum atomic E-state index is -0.888. The number of carbonyl (C=O) groups excluding carboxylic acids is 1. The molecular weight excluding hydrogens is 432 g/mol. The Bertz CT molecular complexity index is 765. The summed E-state index contributed by atoms with van der Waals surface area (Å²) in [6, 6.07) is 4.66. The zero-order chi connectivity index (χ0) is 20.5. The highest BCUT2D eigenvalue weighted by Gasteiger charge is 2.45. The Morgan fingerprint density at radius 3 is 2.93 bits per heavy atom. The Morgan fingerprint density at radius 2 is 2.29 bits per heavy atom. The van der Waals surface area contributed by atoms with E-state index in [0.717, 1.165) is 6.41 Å². The largest absolute Gasteiger partial charge is 0.371 e. The van der Waals surface area contributed by atoms with E-state index in [1.54, 1.807) is 24.1 Å². The van der Waals surface area contributed by atoms with Gasteiger partial charge in [0.1, 0.15) is 11.3 Å². The van der Waals surface area contributed by atoms with E-state index in [1.807, 2.05) is 13.8 Å². The number of ether oxygens (including phenoxy) is 2. The fourth-order valence-corrected chi connectivity index (χ4v) is 4.50. The number of benzene rings is 1. The number of carbonyl (C=O) groups is 1. The van der Waals surface area contributed by atoms with Gasteiger partial charge < -0.3 is 25.0 Å². The van der Waals surface area contributed by atoms with E-state index in [0.29, 0.717) is 37.4 Å². The molecule has 154 valence electrons. The molecule has 28 heavy (non-hydrogen) atoms. The smallest absolute Gasteiger partial charge is 0.292 e. The first-order chi connectivity index (χ1) is 13.2. The van der Waals surface area contributed by atoms with Crippen molar-refractivity contribution in [2.45, 2.75) is 36.1 Å². The summed E-state index contributed by atoms with van der Waals surface area (Å²) in [6.07, 6.45) is 0.593. The van der Waals surface area contributed by atoms with E-state index in [9.17, 15) is 14.9 Å². The minimum Gasteiger partial charge on any atom is -0.371 e. The fourth-order valence-electron chi connectivity index (χ4n) is 4.02. The number of rotatable bonds is 6. The minimum absolute atomic E-state index is 0.0453. The predicted molar refractivity (Wildman–Crippen MR) is 108 cm³/mol. The van der Waals surface area contributed by atoms with Crippen LogP contribution in [0.3, 0.4) is 0 Å². The summed E-state index contributed by atoms with van der Waals surface area (Å²) in [7, 11) is 1.59. The highest BCUT2D eigenvalue weighted by atomic mass is 79.9. The van der Waals surface area contributed by atoms with E-state index < -0.39 is 15.0 Å². The van der Waals surface area contributed by atoms with Crippen molar-refractivity contribution < 1.29 is 19.2 Å². The summed E-state index contributed by atoms with van der Waals surface area (Å²) in [5.74, 6) is 0. The molecule has 2 saturated heterocycles. The molecule has 4 atom stereocenters. The Balaban J connectivity index is 2.05. The standard InChI is InChI=1S/C18H25BrN4O5/c1-12-8-22(11-24)10-17(2,28-12)13-5-4-6-14(23(25)26)16(13)21-15-7-20-9-18(15,19)27-3/h4-6,11-12,15,20-21H,7-10H2,1-3H3/t12-,15-,17-,18+/m0/s1. The van der Waals surface area contributed by atoms with E-state index in [-0.39, 0.29) is 17.8 Å². The number of anilines is 1. The number of nitro benzene ring substituents is 1. The topological polar surface area (TPSA) is 106 Å². The van der Waals surface area contributed by atoms with Crippen LogP contribution in [0.1, 0.15) is 19.4 Å². The molecule has 2 heterocycles. The third-order valence-electron chi connectivity index (χ3n) is 5.31. The molecule has 2 N–H and O–H groups in total. The molecule has 2 aliphatic rings. The van der Waals surface area contributed by atoms with E-state index in [4.69, 9.17) is 9.47 Å². The van der Waals surface area contributed by atoms with Crippen molar-refractivity contribution in [1.29, 1.82) is 0 Å². The van der Waals surface area contributed by atoms with Gasteiger partial charge in [0.05, 0.1) is 23.6 Å². The molecule has 1 aromatic carbocycles. The summed E-state index contributed by atoms with van der Waals surface area (Å²) in [6.45, 7) is 5.66. The van der Waals surface area contributed by atoms with E-state index >= 15 is 0 Å². The number of nitrogens with one attached hydrogen (secondary N) is 2. The van der Waals surface area contributed by atoms with Crippen LogP contribution in [0.2, 0.25) is 0 Å². The van der Waals surface area contributed by atoms with Gasteiger partial charge in [-0.15, -0.1) is 0 Å². The van der Waals surface area contributed by atoms with Crippen LogP contribution in [0, 0.1) is 10.1 Å². The molecular formula is C18H25BrN4O5. The second-order valence-corrected chi connectivity index (χ2v) is 8.81. The summed E-state index contributed by atoms with van der Waals surface area (Å²) in [5.41, 5.74) is 0.0830. The average Bonchev–Trinajstić information content (AvgIpc) is 3.02. The molecule has 3 rings (SSSR count). The zero-order valence-corrected chi connectivity index (χ0v) is 17.7. The lowest BCUT2D eigenvalue weighted by atomic mass is 9.90. The van der Waals surface area contributed by atoms with Crippen LogP contribution in [0.4, 0.5) is 11.4 Å². The molecule has 0 unspecified atom stereocenters. The Kier molecular flexibility index (Phi) is 5.95. The Labute approximate surface area is 172 Å². The molecule has 9 nitrogen and oxygen atoms in total. The van der Waals surface area contributed by atoms with Crippen LogP contribution in [0.15, 0.2) is 18.2 Å². The van der Waals surface area contributed by atoms with Crippen molar-refractivity contribution in [2.24, 2.45) is 0 Å². The van der Waals surface area contributed by atoms with Crippen molar-refractivity contribution in [3.05, 3.63) is 33.9 Å². The van der Waals surface area contributed by atoms with Gasteiger partial charge in [-0.25, -0.2) is 0 Å². The van der Waals surface area contributed by atoms with Crippen molar-refractivity contribution in [3.63, 3.8) is 0 Å². The number of nitro groups is 1. The van der Waals surface area contributed by atoms with Crippen LogP contribution < -0.4 is 10.6 Å². The van der Waals surface area contributed by atoms with E-state index in [2.05, 4.69) is 26.6 Å². The van der Waals surface area contributed by atoms with Crippen LogP contribution in [-0.4, -0.2) is 66.2 Å². The van der Waals surface area contributed by atoms with Gasteiger partial charge in [-0.2, -0.15) is 0 Å². The monoisotopic (exact) mass is 456 g/mol. The second-order valence-electron chi connectivity index (χ2n) is 7.47. The van der Waals surface area contributed by atoms with Crippen molar-refractivity contribution in [1.82, 2.24) is 10.2 Å². The molecule has 0 saturated carbocycles. The highest BCUT2D eigenvalue weighted by Crippen LogP contribution is 2.42. The van der Waals surface area contributed by atoms with Crippen molar-refractivity contribution >= 4 is 33.7 Å². The number of alkyl halides is 1. The number of hydrogen-bond donors (Lipinski definition) is 2. The number of amides is 1. The van der Waals surface area contributed by atoms with Gasteiger partial charge in [-0.3, -0.25) is 14.9 Å². The SMILES string of the molecule is CO[C@]1(Br)CNC[C@@H]1Nc1c([N+](=O)[O-])cccc1[C@]1(C)CN(C=O)C[C@H](C)O1. The van der Waals surface area contributed by atoms with Gasteiger partial charge in [-0.1, -0.05) is 28.1 Å². The molecule has 1 aromatic rings. The lowest BCUT2D eigenvalue weighted by Crippen LogP contribution is -2.51. The zero-order valence-electron chi connectivity index (χ0n) is 16.1. The maximum Gasteiger partial charge on any atom is 0.292 e. The first kappa shape index (κ1) is 21.0. The lowest BCUT2D eigenvalue weighted by Gasteiger charge is -2.43. The van der Waals surface area contributed by atoms with Gasteiger partial charge >= 0.3 is 0 Å². The van der Waals surface area contributed by atoms with Crippen LogP contribution in [-0.2, 0) is 19.9 Å². The van der Waals surface area contributed by atoms with Crippen molar-refractivity contribution in [3.8, 4) is 0 Å². The molecule has 2 aliphatic heterocycles. The molecule has 1 amide bonds. The van der Waals surface area contributed by atoms with E-state index in [1.165, 1.54) is 6.07 Å². The third kappa shape index (κ3) is 3.86. The van der Waals surface area contributed by atoms with Gasteiger partial charge in [-0.05, 0) is 13.8 Å². The number of morpholine rings is 1. The molecule has 0 spiro atoms. The van der Waals surface area contributed by atoms with Crippen molar-refractivity contribution in [2.75, 3.05) is 38.6 Å². The lowest BCUT2D eigenvalue weighted by molar-refractivity contribution is -0.384. The number of methoxy groups -OCH3 is 1. The van der Waals surface area contributed by atoms with Crippen LogP contribution >= 0.6 is 15.9 Å². The third-order valence-corrected chi connectivity index (χ3v) is 6.47. The van der Waals surface area contributed by atoms with Gasteiger partial charge in [0.25, 0.3) is 5.69 Å². The quantitative estimate of drug-likeness (QED) is 0.291. The Morgan fingerprint density at radius 1 is 1.54 bits per heavy atom. The summed E-state index contributed by atoms with van der Waals surface area (Å²) < 4.78 is 11.1.